The minimum atomic E-state index is 0.151. The molecule has 0 fully saturated rings. The monoisotopic (exact) mass is 281 g/mol. The van der Waals surface area contributed by atoms with Crippen LogP contribution in [0.15, 0.2) is 66.7 Å². The number of hydrogen-bond donors (Lipinski definition) is 1. The quantitative estimate of drug-likeness (QED) is 0.727. The highest BCUT2D eigenvalue weighted by atomic mass is 35.5. The molecule has 20 heavy (non-hydrogen) atoms. The summed E-state index contributed by atoms with van der Waals surface area (Å²) in [5, 5.41) is 6.65. The van der Waals surface area contributed by atoms with E-state index in [0.29, 0.717) is 0 Å². The summed E-state index contributed by atoms with van der Waals surface area (Å²) < 4.78 is 0. The number of benzene rings is 3. The molecule has 1 nitrogen and oxygen atoms in total. The van der Waals surface area contributed by atoms with Crippen LogP contribution in [0.5, 0.6) is 0 Å². The second-order valence-corrected chi connectivity index (χ2v) is 5.32. The SMILES string of the molecule is CNC(c1cccc(Cl)c1)c1ccc2ccccc2c1. The van der Waals surface area contributed by atoms with Crippen molar-refractivity contribution in [3.8, 4) is 0 Å². The van der Waals surface area contributed by atoms with Gasteiger partial charge in [0.1, 0.15) is 0 Å². The summed E-state index contributed by atoms with van der Waals surface area (Å²) in [6.07, 6.45) is 0. The smallest absolute Gasteiger partial charge is 0.0575 e. The van der Waals surface area contributed by atoms with Crippen molar-refractivity contribution in [2.24, 2.45) is 0 Å². The van der Waals surface area contributed by atoms with Gasteiger partial charge in [0, 0.05) is 5.02 Å². The first-order valence-electron chi connectivity index (χ1n) is 6.69. The number of hydrogen-bond acceptors (Lipinski definition) is 1. The van der Waals surface area contributed by atoms with Crippen LogP contribution in [0.25, 0.3) is 10.8 Å². The van der Waals surface area contributed by atoms with Gasteiger partial charge in [0.05, 0.1) is 6.04 Å². The van der Waals surface area contributed by atoms with Crippen LogP contribution in [0, 0.1) is 0 Å². The summed E-state index contributed by atoms with van der Waals surface area (Å²) >= 11 is 6.10. The van der Waals surface area contributed by atoms with Gasteiger partial charge in [-0.2, -0.15) is 0 Å². The lowest BCUT2D eigenvalue weighted by atomic mass is 9.96. The molecule has 2 heteroatoms. The van der Waals surface area contributed by atoms with Crippen molar-refractivity contribution in [3.05, 3.63) is 82.9 Å². The highest BCUT2D eigenvalue weighted by Gasteiger charge is 2.12. The van der Waals surface area contributed by atoms with Crippen molar-refractivity contribution in [2.45, 2.75) is 6.04 Å². The van der Waals surface area contributed by atoms with E-state index < -0.39 is 0 Å². The van der Waals surface area contributed by atoms with E-state index in [2.05, 4.69) is 53.8 Å². The van der Waals surface area contributed by atoms with Crippen LogP contribution < -0.4 is 5.32 Å². The highest BCUT2D eigenvalue weighted by molar-refractivity contribution is 6.30. The lowest BCUT2D eigenvalue weighted by Gasteiger charge is -2.18. The molecule has 1 atom stereocenters. The molecule has 0 amide bonds. The van der Waals surface area contributed by atoms with Crippen LogP contribution in [0.3, 0.4) is 0 Å². The number of halogens is 1. The summed E-state index contributed by atoms with van der Waals surface area (Å²) in [6, 6.07) is 23.1. The third kappa shape index (κ3) is 2.55. The summed E-state index contributed by atoms with van der Waals surface area (Å²) in [5.41, 5.74) is 2.42. The van der Waals surface area contributed by atoms with Gasteiger partial charge in [0.25, 0.3) is 0 Å². The number of fused-ring (bicyclic) bond motifs is 1. The van der Waals surface area contributed by atoms with E-state index in [1.54, 1.807) is 0 Å². The van der Waals surface area contributed by atoms with Crippen LogP contribution in [0.1, 0.15) is 17.2 Å². The van der Waals surface area contributed by atoms with Gasteiger partial charge in [-0.15, -0.1) is 0 Å². The van der Waals surface area contributed by atoms with Crippen molar-refractivity contribution in [3.63, 3.8) is 0 Å². The van der Waals surface area contributed by atoms with E-state index in [9.17, 15) is 0 Å². The number of nitrogens with one attached hydrogen (secondary N) is 1. The molecule has 1 N–H and O–H groups in total. The molecule has 0 aliphatic rings. The van der Waals surface area contributed by atoms with Crippen LogP contribution in [-0.4, -0.2) is 7.05 Å². The van der Waals surface area contributed by atoms with Crippen LogP contribution in [-0.2, 0) is 0 Å². The summed E-state index contributed by atoms with van der Waals surface area (Å²) in [6.45, 7) is 0. The molecule has 3 rings (SSSR count). The van der Waals surface area contributed by atoms with E-state index in [-0.39, 0.29) is 6.04 Å². The minimum absolute atomic E-state index is 0.151. The van der Waals surface area contributed by atoms with Gasteiger partial charge >= 0.3 is 0 Å². The standard InChI is InChI=1S/C18H16ClN/c1-20-18(15-7-4-8-17(19)12-15)16-10-9-13-5-2-3-6-14(13)11-16/h2-12,18,20H,1H3. The Kier molecular flexibility index (Phi) is 3.72. The first-order valence-corrected chi connectivity index (χ1v) is 7.07. The third-order valence-electron chi connectivity index (χ3n) is 3.58. The molecular formula is C18H16ClN. The van der Waals surface area contributed by atoms with E-state index >= 15 is 0 Å². The van der Waals surface area contributed by atoms with Crippen molar-refractivity contribution in [1.82, 2.24) is 5.32 Å². The molecule has 1 unspecified atom stereocenters. The zero-order valence-electron chi connectivity index (χ0n) is 11.3. The normalized spacial score (nSPS) is 12.5. The van der Waals surface area contributed by atoms with E-state index in [1.165, 1.54) is 21.9 Å². The second kappa shape index (κ2) is 5.66. The van der Waals surface area contributed by atoms with Crippen molar-refractivity contribution < 1.29 is 0 Å². The van der Waals surface area contributed by atoms with Crippen LogP contribution in [0.2, 0.25) is 5.02 Å². The van der Waals surface area contributed by atoms with E-state index in [1.807, 2.05) is 25.2 Å². The molecular weight excluding hydrogens is 266 g/mol. The largest absolute Gasteiger partial charge is 0.309 e. The first kappa shape index (κ1) is 13.2. The molecule has 0 aliphatic heterocycles. The molecule has 3 aromatic carbocycles. The van der Waals surface area contributed by atoms with Crippen molar-refractivity contribution >= 4 is 22.4 Å². The molecule has 0 saturated carbocycles. The Balaban J connectivity index is 2.07. The maximum Gasteiger partial charge on any atom is 0.0575 e. The lowest BCUT2D eigenvalue weighted by Crippen LogP contribution is -2.17. The van der Waals surface area contributed by atoms with Gasteiger partial charge in [0.2, 0.25) is 0 Å². The predicted molar refractivity (Wildman–Crippen MR) is 86.3 cm³/mol. The van der Waals surface area contributed by atoms with E-state index in [4.69, 9.17) is 11.6 Å². The fourth-order valence-corrected chi connectivity index (χ4v) is 2.80. The van der Waals surface area contributed by atoms with Gasteiger partial charge in [-0.3, -0.25) is 0 Å². The molecule has 100 valence electrons. The van der Waals surface area contributed by atoms with Gasteiger partial charge in [-0.05, 0) is 47.1 Å². The molecule has 0 saturated heterocycles. The maximum atomic E-state index is 6.10. The summed E-state index contributed by atoms with van der Waals surface area (Å²) in [4.78, 5) is 0. The fourth-order valence-electron chi connectivity index (χ4n) is 2.60. The Morgan fingerprint density at radius 2 is 1.55 bits per heavy atom. The van der Waals surface area contributed by atoms with E-state index in [0.717, 1.165) is 5.02 Å². The third-order valence-corrected chi connectivity index (χ3v) is 3.81. The Hall–Kier alpha value is -1.83. The van der Waals surface area contributed by atoms with Crippen LogP contribution >= 0.6 is 11.6 Å². The Morgan fingerprint density at radius 3 is 2.30 bits per heavy atom. The molecule has 0 bridgehead atoms. The molecule has 0 aromatic heterocycles. The zero-order chi connectivity index (χ0) is 13.9. The van der Waals surface area contributed by atoms with Gasteiger partial charge in [-0.1, -0.05) is 60.1 Å². The lowest BCUT2D eigenvalue weighted by molar-refractivity contribution is 0.693. The highest BCUT2D eigenvalue weighted by Crippen LogP contribution is 2.26. The van der Waals surface area contributed by atoms with Crippen LogP contribution in [0.4, 0.5) is 0 Å². The topological polar surface area (TPSA) is 12.0 Å². The first-order chi connectivity index (χ1) is 9.78. The van der Waals surface area contributed by atoms with Crippen molar-refractivity contribution in [2.75, 3.05) is 7.05 Å². The molecule has 3 aromatic rings. The maximum absolute atomic E-state index is 6.10. The Morgan fingerprint density at radius 1 is 0.800 bits per heavy atom. The molecule has 0 spiro atoms. The summed E-state index contributed by atoms with van der Waals surface area (Å²) in [5.74, 6) is 0. The fraction of sp³-hybridized carbons (Fsp3) is 0.111. The zero-order valence-corrected chi connectivity index (χ0v) is 12.1. The Bertz CT molecular complexity index is 736. The second-order valence-electron chi connectivity index (χ2n) is 4.88. The average Bonchev–Trinajstić information content (AvgIpc) is 2.48. The van der Waals surface area contributed by atoms with Gasteiger partial charge in [-0.25, -0.2) is 0 Å². The van der Waals surface area contributed by atoms with Gasteiger partial charge < -0.3 is 5.32 Å². The average molecular weight is 282 g/mol. The molecule has 0 aliphatic carbocycles. The van der Waals surface area contributed by atoms with Gasteiger partial charge in [0.15, 0.2) is 0 Å². The Labute approximate surface area is 124 Å². The van der Waals surface area contributed by atoms with Crippen molar-refractivity contribution in [1.29, 1.82) is 0 Å². The minimum Gasteiger partial charge on any atom is -0.309 e. The molecule has 0 radical (unpaired) electrons. The number of rotatable bonds is 3. The molecule has 0 heterocycles. The summed E-state index contributed by atoms with van der Waals surface area (Å²) in [7, 11) is 1.97. The predicted octanol–water partition coefficient (Wildman–Crippen LogP) is 4.80.